The molecule has 1 rings (SSSR count). The first-order valence-corrected chi connectivity index (χ1v) is 6.35. The third-order valence-corrected chi connectivity index (χ3v) is 3.66. The Kier molecular flexibility index (Phi) is 4.04. The molecule has 0 saturated carbocycles. The minimum atomic E-state index is -0.228. The third-order valence-electron chi connectivity index (χ3n) is 3.66. The van der Waals surface area contributed by atoms with Crippen LogP contribution >= 0.6 is 0 Å². The largest absolute Gasteiger partial charge is 0.396 e. The van der Waals surface area contributed by atoms with E-state index in [9.17, 15) is 5.11 Å². The molecule has 96 valence electrons. The van der Waals surface area contributed by atoms with Crippen LogP contribution in [0.25, 0.3) is 0 Å². The van der Waals surface area contributed by atoms with Crippen molar-refractivity contribution in [1.29, 1.82) is 0 Å². The summed E-state index contributed by atoms with van der Waals surface area (Å²) in [7, 11) is 0. The van der Waals surface area contributed by atoms with Gasteiger partial charge in [0.05, 0.1) is 16.7 Å². The maximum atomic E-state index is 9.30. The lowest BCUT2D eigenvalue weighted by Gasteiger charge is -2.40. The molecule has 0 spiro atoms. The molecule has 2 N–H and O–H groups in total. The van der Waals surface area contributed by atoms with Gasteiger partial charge in [-0.2, -0.15) is 0 Å². The Morgan fingerprint density at radius 1 is 1.25 bits per heavy atom. The van der Waals surface area contributed by atoms with Crippen molar-refractivity contribution in [3.63, 3.8) is 0 Å². The van der Waals surface area contributed by atoms with Crippen LogP contribution in [-0.4, -0.2) is 35.0 Å². The quantitative estimate of drug-likeness (QED) is 0.758. The van der Waals surface area contributed by atoms with Gasteiger partial charge in [0.1, 0.15) is 0 Å². The molecule has 3 nitrogen and oxygen atoms in total. The maximum absolute atomic E-state index is 9.30. The van der Waals surface area contributed by atoms with Gasteiger partial charge >= 0.3 is 0 Å². The van der Waals surface area contributed by atoms with Gasteiger partial charge in [0, 0.05) is 6.61 Å². The fourth-order valence-electron chi connectivity index (χ4n) is 3.07. The highest BCUT2D eigenvalue weighted by Gasteiger charge is 2.56. The molecule has 0 aromatic rings. The number of hydrogen-bond donors (Lipinski definition) is 2. The van der Waals surface area contributed by atoms with Crippen molar-refractivity contribution in [2.45, 2.75) is 70.6 Å². The van der Waals surface area contributed by atoms with Crippen LogP contribution < -0.4 is 5.32 Å². The van der Waals surface area contributed by atoms with E-state index in [2.05, 4.69) is 39.9 Å². The smallest absolute Gasteiger partial charge is 0.0816 e. The Balaban J connectivity index is 2.90. The van der Waals surface area contributed by atoms with Crippen molar-refractivity contribution in [3.05, 3.63) is 0 Å². The van der Waals surface area contributed by atoms with Gasteiger partial charge in [0.25, 0.3) is 0 Å². The average molecular weight is 229 g/mol. The Morgan fingerprint density at radius 3 is 2.25 bits per heavy atom. The highest BCUT2D eigenvalue weighted by Crippen LogP contribution is 2.46. The van der Waals surface area contributed by atoms with Crippen LogP contribution in [-0.2, 0) is 4.74 Å². The number of hydrogen-bond acceptors (Lipinski definition) is 3. The first kappa shape index (κ1) is 13.9. The van der Waals surface area contributed by atoms with E-state index in [0.29, 0.717) is 0 Å². The minimum absolute atomic E-state index is 0.0960. The lowest BCUT2D eigenvalue weighted by Crippen LogP contribution is -2.57. The van der Waals surface area contributed by atoms with Crippen molar-refractivity contribution in [1.82, 2.24) is 5.32 Å². The fourth-order valence-corrected chi connectivity index (χ4v) is 3.07. The number of nitrogens with one attached hydrogen (secondary N) is 1. The summed E-state index contributed by atoms with van der Waals surface area (Å²) in [4.78, 5) is 0. The zero-order chi connectivity index (χ0) is 12.4. The van der Waals surface area contributed by atoms with E-state index in [1.807, 2.05) is 0 Å². The fraction of sp³-hybridized carbons (Fsp3) is 1.00. The molecule has 1 saturated heterocycles. The average Bonchev–Trinajstić information content (AvgIpc) is 2.29. The second-order valence-corrected chi connectivity index (χ2v) is 6.03. The SMILES string of the molecule is CCCNC1(CCO)CC(C)(C)OC1(C)C. The molecule has 1 fully saturated rings. The molecule has 1 atom stereocenters. The molecule has 1 aliphatic rings. The van der Waals surface area contributed by atoms with E-state index in [1.165, 1.54) is 0 Å². The topological polar surface area (TPSA) is 41.5 Å². The molecule has 1 unspecified atom stereocenters. The molecule has 1 heterocycles. The van der Waals surface area contributed by atoms with E-state index in [4.69, 9.17) is 4.74 Å². The van der Waals surface area contributed by atoms with Crippen molar-refractivity contribution >= 4 is 0 Å². The standard InChI is InChI=1S/C13H27NO2/c1-6-8-14-13(7-9-15)10-11(2,3)16-12(13,4)5/h14-15H,6-10H2,1-5H3. The second kappa shape index (κ2) is 4.63. The number of ether oxygens (including phenoxy) is 1. The monoisotopic (exact) mass is 229 g/mol. The summed E-state index contributed by atoms with van der Waals surface area (Å²) in [5.41, 5.74) is -0.435. The number of rotatable bonds is 5. The van der Waals surface area contributed by atoms with E-state index < -0.39 is 0 Å². The summed E-state index contributed by atoms with van der Waals surface area (Å²) in [6.45, 7) is 11.8. The van der Waals surface area contributed by atoms with Crippen LogP contribution in [0.4, 0.5) is 0 Å². The summed E-state index contributed by atoms with van der Waals surface area (Å²) in [6.07, 6.45) is 2.81. The van der Waals surface area contributed by atoms with Crippen LogP contribution in [0.5, 0.6) is 0 Å². The van der Waals surface area contributed by atoms with Crippen molar-refractivity contribution < 1.29 is 9.84 Å². The van der Waals surface area contributed by atoms with Crippen molar-refractivity contribution in [2.75, 3.05) is 13.2 Å². The molecule has 16 heavy (non-hydrogen) atoms. The Hall–Kier alpha value is -0.120. The third kappa shape index (κ3) is 2.58. The molecule has 0 aromatic carbocycles. The predicted octanol–water partition coefficient (Wildman–Crippen LogP) is 2.08. The van der Waals surface area contributed by atoms with Gasteiger partial charge in [-0.3, -0.25) is 0 Å². The molecule has 1 aliphatic heterocycles. The maximum Gasteiger partial charge on any atom is 0.0816 e. The molecule has 0 amide bonds. The molecule has 0 aromatic heterocycles. The summed E-state index contributed by atoms with van der Waals surface area (Å²) in [5, 5.41) is 12.9. The van der Waals surface area contributed by atoms with Gasteiger partial charge in [-0.05, 0) is 53.5 Å². The lowest BCUT2D eigenvalue weighted by atomic mass is 9.76. The Labute approximate surface area is 99.6 Å². The normalized spacial score (nSPS) is 31.9. The van der Waals surface area contributed by atoms with E-state index in [0.717, 1.165) is 25.8 Å². The molecular formula is C13H27NO2. The molecule has 0 radical (unpaired) electrons. The highest BCUT2D eigenvalue weighted by molar-refractivity contribution is 5.11. The zero-order valence-corrected chi connectivity index (χ0v) is 11.4. The van der Waals surface area contributed by atoms with E-state index in [-0.39, 0.29) is 23.3 Å². The number of aliphatic hydroxyl groups excluding tert-OH is 1. The van der Waals surface area contributed by atoms with Gasteiger partial charge in [0.15, 0.2) is 0 Å². The molecular weight excluding hydrogens is 202 g/mol. The predicted molar refractivity (Wildman–Crippen MR) is 66.6 cm³/mol. The van der Waals surface area contributed by atoms with Crippen molar-refractivity contribution in [2.24, 2.45) is 0 Å². The van der Waals surface area contributed by atoms with Gasteiger partial charge < -0.3 is 15.2 Å². The second-order valence-electron chi connectivity index (χ2n) is 6.03. The van der Waals surface area contributed by atoms with Crippen LogP contribution in [0.1, 0.15) is 53.9 Å². The van der Waals surface area contributed by atoms with Gasteiger partial charge in [0.2, 0.25) is 0 Å². The van der Waals surface area contributed by atoms with Crippen LogP contribution in [0, 0.1) is 0 Å². The number of aliphatic hydroxyl groups is 1. The molecule has 3 heteroatoms. The minimum Gasteiger partial charge on any atom is -0.396 e. The Morgan fingerprint density at radius 2 is 1.88 bits per heavy atom. The first-order valence-electron chi connectivity index (χ1n) is 6.35. The molecule has 0 bridgehead atoms. The first-order chi connectivity index (χ1) is 7.29. The summed E-state index contributed by atoms with van der Waals surface area (Å²) in [6, 6.07) is 0. The summed E-state index contributed by atoms with van der Waals surface area (Å²) < 4.78 is 6.13. The highest BCUT2D eigenvalue weighted by atomic mass is 16.5. The van der Waals surface area contributed by atoms with Crippen LogP contribution in [0.2, 0.25) is 0 Å². The van der Waals surface area contributed by atoms with E-state index >= 15 is 0 Å². The Bertz CT molecular complexity index is 238. The van der Waals surface area contributed by atoms with Crippen molar-refractivity contribution in [3.8, 4) is 0 Å². The van der Waals surface area contributed by atoms with Gasteiger partial charge in [-0.25, -0.2) is 0 Å². The van der Waals surface area contributed by atoms with Crippen LogP contribution in [0.15, 0.2) is 0 Å². The molecule has 0 aliphatic carbocycles. The van der Waals surface area contributed by atoms with Gasteiger partial charge in [-0.15, -0.1) is 0 Å². The van der Waals surface area contributed by atoms with E-state index in [1.54, 1.807) is 0 Å². The van der Waals surface area contributed by atoms with Gasteiger partial charge in [-0.1, -0.05) is 6.92 Å². The van der Waals surface area contributed by atoms with Crippen LogP contribution in [0.3, 0.4) is 0 Å². The lowest BCUT2D eigenvalue weighted by molar-refractivity contribution is -0.0856. The summed E-state index contributed by atoms with van der Waals surface area (Å²) in [5.74, 6) is 0. The zero-order valence-electron chi connectivity index (χ0n) is 11.4. The summed E-state index contributed by atoms with van der Waals surface area (Å²) >= 11 is 0.